The zero-order valence-electron chi connectivity index (χ0n) is 13.8. The summed E-state index contributed by atoms with van der Waals surface area (Å²) in [6.07, 6.45) is 7.52. The fourth-order valence-electron chi connectivity index (χ4n) is 5.15. The van der Waals surface area contributed by atoms with Crippen molar-refractivity contribution in [3.63, 3.8) is 0 Å². The van der Waals surface area contributed by atoms with Crippen LogP contribution < -0.4 is 0 Å². The molecule has 1 unspecified atom stereocenters. The molecule has 3 aliphatic heterocycles. The van der Waals surface area contributed by atoms with Crippen molar-refractivity contribution in [3.05, 3.63) is 57.6 Å². The van der Waals surface area contributed by atoms with Crippen molar-refractivity contribution in [2.45, 2.75) is 49.5 Å². The summed E-state index contributed by atoms with van der Waals surface area (Å²) < 4.78 is 6.90. The second-order valence-corrected chi connectivity index (χ2v) is 8.36. The van der Waals surface area contributed by atoms with Gasteiger partial charge in [-0.3, -0.25) is 4.90 Å². The molecule has 25 heavy (non-hydrogen) atoms. The van der Waals surface area contributed by atoms with Crippen LogP contribution in [0.4, 0.5) is 0 Å². The largest absolute Gasteiger partial charge is 0.449 e. The van der Waals surface area contributed by atoms with Gasteiger partial charge in [0.2, 0.25) is 0 Å². The zero-order valence-corrected chi connectivity index (χ0v) is 15.4. The molecule has 2 fully saturated rings. The summed E-state index contributed by atoms with van der Waals surface area (Å²) in [4.78, 5) is 15.3. The van der Waals surface area contributed by atoms with Gasteiger partial charge in [0.15, 0.2) is 5.60 Å². The van der Waals surface area contributed by atoms with Crippen molar-refractivity contribution >= 4 is 21.9 Å². The molecule has 1 N–H and O–H groups in total. The highest BCUT2D eigenvalue weighted by Gasteiger charge is 2.62. The Hall–Kier alpha value is -1.43. The Kier molecular flexibility index (Phi) is 3.50. The average Bonchev–Trinajstić information content (AvgIpc) is 3.05. The molecule has 1 aliphatic carbocycles. The predicted molar refractivity (Wildman–Crippen MR) is 96.8 cm³/mol. The van der Waals surface area contributed by atoms with Crippen LogP contribution >= 0.6 is 15.9 Å². The third-order valence-corrected chi connectivity index (χ3v) is 6.68. The van der Waals surface area contributed by atoms with Crippen molar-refractivity contribution in [1.82, 2.24) is 4.90 Å². The van der Waals surface area contributed by atoms with Gasteiger partial charge in [-0.2, -0.15) is 0 Å². The van der Waals surface area contributed by atoms with E-state index >= 15 is 0 Å². The lowest BCUT2D eigenvalue weighted by atomic mass is 9.78. The fraction of sp³-hybridized carbons (Fsp3) is 0.450. The van der Waals surface area contributed by atoms with Crippen LogP contribution in [0.3, 0.4) is 0 Å². The molecule has 0 amide bonds. The normalized spacial score (nSPS) is 34.7. The first kappa shape index (κ1) is 15.8. The summed E-state index contributed by atoms with van der Waals surface area (Å²) in [5.41, 5.74) is 1.47. The van der Waals surface area contributed by atoms with Crippen molar-refractivity contribution in [1.29, 1.82) is 0 Å². The molecule has 130 valence electrons. The summed E-state index contributed by atoms with van der Waals surface area (Å²) in [7, 11) is 0. The maximum absolute atomic E-state index is 12.8. The van der Waals surface area contributed by atoms with Crippen LogP contribution in [0.5, 0.6) is 0 Å². The molecule has 0 radical (unpaired) electrons. The monoisotopic (exact) mass is 401 g/mol. The lowest BCUT2D eigenvalue weighted by molar-refractivity contribution is -0.150. The van der Waals surface area contributed by atoms with E-state index in [9.17, 15) is 9.90 Å². The van der Waals surface area contributed by atoms with Crippen molar-refractivity contribution in [3.8, 4) is 0 Å². The fourth-order valence-corrected chi connectivity index (χ4v) is 5.56. The minimum atomic E-state index is -0.960. The number of fused-ring (bicyclic) bond motifs is 3. The predicted octanol–water partition coefficient (Wildman–Crippen LogP) is 3.27. The number of carbonyl (C=O) groups excluding carboxylic acids is 1. The highest BCUT2D eigenvalue weighted by atomic mass is 79.9. The van der Waals surface area contributed by atoms with E-state index in [1.807, 2.05) is 30.3 Å². The first-order valence-corrected chi connectivity index (χ1v) is 9.75. The summed E-state index contributed by atoms with van der Waals surface area (Å²) >= 11 is 3.44. The maximum Gasteiger partial charge on any atom is 0.338 e. The van der Waals surface area contributed by atoms with Gasteiger partial charge < -0.3 is 9.84 Å². The van der Waals surface area contributed by atoms with Gasteiger partial charge in [-0.1, -0.05) is 46.6 Å². The summed E-state index contributed by atoms with van der Waals surface area (Å²) in [5, 5.41) is 10.9. The Morgan fingerprint density at radius 1 is 1.36 bits per heavy atom. The molecule has 2 saturated heterocycles. The van der Waals surface area contributed by atoms with Crippen LogP contribution in [-0.4, -0.2) is 40.2 Å². The van der Waals surface area contributed by atoms with Crippen LogP contribution in [-0.2, 0) is 9.53 Å². The Morgan fingerprint density at radius 3 is 3.08 bits per heavy atom. The molecule has 3 heterocycles. The molecule has 5 heteroatoms. The van der Waals surface area contributed by atoms with Gasteiger partial charge in [-0.15, -0.1) is 0 Å². The Morgan fingerprint density at radius 2 is 2.24 bits per heavy atom. The van der Waals surface area contributed by atoms with Gasteiger partial charge in [-0.25, -0.2) is 4.79 Å². The van der Waals surface area contributed by atoms with E-state index in [0.29, 0.717) is 17.2 Å². The number of aliphatic hydroxyl groups excluding tert-OH is 1. The number of piperidine rings is 1. The Balaban J connectivity index is 1.62. The number of halogens is 1. The molecular formula is C20H20BrNO3. The van der Waals surface area contributed by atoms with Crippen LogP contribution in [0.25, 0.3) is 0 Å². The molecule has 4 atom stereocenters. The van der Waals surface area contributed by atoms with Crippen LogP contribution in [0, 0.1) is 0 Å². The van der Waals surface area contributed by atoms with E-state index in [4.69, 9.17) is 4.74 Å². The minimum Gasteiger partial charge on any atom is -0.449 e. The third kappa shape index (κ3) is 2.15. The van der Waals surface area contributed by atoms with E-state index in [-0.39, 0.29) is 12.0 Å². The van der Waals surface area contributed by atoms with Crippen molar-refractivity contribution in [2.24, 2.45) is 0 Å². The summed E-state index contributed by atoms with van der Waals surface area (Å²) in [6.45, 7) is 1.07. The van der Waals surface area contributed by atoms with Gasteiger partial charge in [0.25, 0.3) is 0 Å². The van der Waals surface area contributed by atoms with Crippen molar-refractivity contribution < 1.29 is 14.6 Å². The van der Waals surface area contributed by atoms with E-state index in [1.165, 1.54) is 12.8 Å². The number of benzene rings is 1. The molecule has 2 bridgehead atoms. The molecule has 4 nitrogen and oxygen atoms in total. The number of nitrogens with zero attached hydrogens (tertiary/aromatic N) is 1. The smallest absolute Gasteiger partial charge is 0.338 e. The molecule has 4 aliphatic rings. The molecule has 1 spiro atoms. The van der Waals surface area contributed by atoms with Crippen molar-refractivity contribution in [2.75, 3.05) is 6.54 Å². The number of esters is 1. The van der Waals surface area contributed by atoms with Crippen LogP contribution in [0.15, 0.2) is 52.0 Å². The summed E-state index contributed by atoms with van der Waals surface area (Å²) in [6, 6.07) is 8.07. The maximum atomic E-state index is 12.8. The van der Waals surface area contributed by atoms with Crippen LogP contribution in [0.1, 0.15) is 37.4 Å². The lowest BCUT2D eigenvalue weighted by Crippen LogP contribution is -2.48. The number of hydrogen-bond acceptors (Lipinski definition) is 4. The standard InChI is InChI=1S/C20H20BrNO3/c21-13-5-3-4-12(10-13)18(23)17-15-8-7-14-11-20(15,25-19(17)24)16-6-1-2-9-22(14)16/h3-5,7-8,10,14,16,18,23H,1-2,6,9,11H2/t14-,16-,18?,20+/m1/s1. The second-order valence-electron chi connectivity index (χ2n) is 7.44. The Bertz CT molecular complexity index is 817. The number of ether oxygens (including phenoxy) is 1. The number of hydrogen-bond donors (Lipinski definition) is 1. The van der Waals surface area contributed by atoms with Gasteiger partial charge in [0, 0.05) is 22.5 Å². The van der Waals surface area contributed by atoms with Gasteiger partial charge >= 0.3 is 5.97 Å². The first-order valence-electron chi connectivity index (χ1n) is 8.95. The van der Waals surface area contributed by atoms with E-state index < -0.39 is 11.7 Å². The van der Waals surface area contributed by atoms with E-state index in [2.05, 4.69) is 26.9 Å². The minimum absolute atomic E-state index is 0.243. The number of aliphatic hydroxyl groups is 1. The molecule has 0 aromatic heterocycles. The zero-order chi connectivity index (χ0) is 17.2. The van der Waals surface area contributed by atoms with E-state index in [1.54, 1.807) is 0 Å². The van der Waals surface area contributed by atoms with Gasteiger partial charge in [0.05, 0.1) is 11.6 Å². The Labute approximate surface area is 155 Å². The molecule has 0 saturated carbocycles. The highest BCUT2D eigenvalue weighted by molar-refractivity contribution is 9.10. The topological polar surface area (TPSA) is 49.8 Å². The summed E-state index contributed by atoms with van der Waals surface area (Å²) in [5.74, 6) is -0.361. The van der Waals surface area contributed by atoms with Gasteiger partial charge in [0.1, 0.15) is 6.10 Å². The average molecular weight is 402 g/mol. The number of carbonyl (C=O) groups is 1. The number of rotatable bonds is 2. The molecule has 5 rings (SSSR count). The highest BCUT2D eigenvalue weighted by Crippen LogP contribution is 2.54. The molecular weight excluding hydrogens is 382 g/mol. The molecule has 1 aromatic rings. The van der Waals surface area contributed by atoms with Gasteiger partial charge in [-0.05, 0) is 37.1 Å². The second kappa shape index (κ2) is 5.53. The quantitative estimate of drug-likeness (QED) is 0.772. The molecule has 1 aromatic carbocycles. The third-order valence-electron chi connectivity index (χ3n) is 6.18. The SMILES string of the molecule is O=C1O[C@@]23C[C@@H](C=CC2=C1C(O)c1cccc(Br)c1)N1CCCC[C@@H]13. The van der Waals surface area contributed by atoms with E-state index in [0.717, 1.165) is 29.4 Å². The lowest BCUT2D eigenvalue weighted by Gasteiger charge is -2.37. The first-order chi connectivity index (χ1) is 12.1. The van der Waals surface area contributed by atoms with Crippen LogP contribution in [0.2, 0.25) is 0 Å².